The van der Waals surface area contributed by atoms with E-state index in [0.29, 0.717) is 0 Å². The topological polar surface area (TPSA) is 17.1 Å². The zero-order valence-corrected chi connectivity index (χ0v) is 11.2. The minimum absolute atomic E-state index is 0.0880. The van der Waals surface area contributed by atoms with E-state index in [4.69, 9.17) is 0 Å². The van der Waals surface area contributed by atoms with Crippen LogP contribution >= 0.6 is 0 Å². The van der Waals surface area contributed by atoms with Crippen LogP contribution in [0.4, 0.5) is 0 Å². The Labute approximate surface area is 114 Å². The Morgan fingerprint density at radius 3 is 2.47 bits per heavy atom. The highest BCUT2D eigenvalue weighted by atomic mass is 16.1. The van der Waals surface area contributed by atoms with Crippen LogP contribution < -0.4 is 0 Å². The molecule has 0 bridgehead atoms. The van der Waals surface area contributed by atoms with Gasteiger partial charge in [0.1, 0.15) is 0 Å². The number of hydrogen-bond donors (Lipinski definition) is 0. The van der Waals surface area contributed by atoms with Crippen LogP contribution in [0.25, 0.3) is 0 Å². The molecule has 0 radical (unpaired) electrons. The van der Waals surface area contributed by atoms with E-state index in [0.717, 1.165) is 16.7 Å². The van der Waals surface area contributed by atoms with Gasteiger partial charge in [-0.25, -0.2) is 0 Å². The second kappa shape index (κ2) is 6.02. The number of rotatable bonds is 2. The molecule has 0 saturated heterocycles. The number of Topliss-reactive ketones (excluding diaryl/α,β-unsaturated/α-hetero) is 1. The van der Waals surface area contributed by atoms with Crippen molar-refractivity contribution in [3.8, 4) is 11.8 Å². The fraction of sp³-hybridized carbons (Fsp3) is 0.167. The van der Waals surface area contributed by atoms with E-state index in [9.17, 15) is 4.79 Å². The third-order valence-electron chi connectivity index (χ3n) is 3.00. The molecule has 0 saturated carbocycles. The van der Waals surface area contributed by atoms with E-state index in [1.165, 1.54) is 0 Å². The Balaban J connectivity index is 2.21. The van der Waals surface area contributed by atoms with Crippen molar-refractivity contribution in [1.82, 2.24) is 0 Å². The first-order chi connectivity index (χ1) is 9.16. The van der Waals surface area contributed by atoms with Gasteiger partial charge in [0.2, 0.25) is 0 Å². The maximum Gasteiger partial charge on any atom is 0.159 e. The number of ketones is 1. The van der Waals surface area contributed by atoms with Crippen LogP contribution in [-0.2, 0) is 0 Å². The van der Waals surface area contributed by atoms with Crippen molar-refractivity contribution in [3.63, 3.8) is 0 Å². The van der Waals surface area contributed by atoms with Crippen LogP contribution in [0, 0.1) is 11.8 Å². The van der Waals surface area contributed by atoms with Crippen LogP contribution in [-0.4, -0.2) is 5.78 Å². The molecular formula is C18H16O. The first-order valence-electron chi connectivity index (χ1n) is 6.34. The first kappa shape index (κ1) is 13.1. The highest BCUT2D eigenvalue weighted by molar-refractivity contribution is 5.94. The summed E-state index contributed by atoms with van der Waals surface area (Å²) in [5.41, 5.74) is 2.83. The molecule has 19 heavy (non-hydrogen) atoms. The van der Waals surface area contributed by atoms with Crippen molar-refractivity contribution in [2.45, 2.75) is 19.8 Å². The van der Waals surface area contributed by atoms with E-state index in [2.05, 4.69) is 18.8 Å². The molecule has 0 N–H and O–H groups in total. The molecule has 2 aromatic carbocycles. The van der Waals surface area contributed by atoms with Crippen LogP contribution in [0.1, 0.15) is 41.3 Å². The molecule has 0 aliphatic heterocycles. The van der Waals surface area contributed by atoms with Gasteiger partial charge >= 0.3 is 0 Å². The van der Waals surface area contributed by atoms with Gasteiger partial charge in [-0.2, -0.15) is 0 Å². The Hall–Kier alpha value is -2.33. The predicted octanol–water partition coefficient (Wildman–Crippen LogP) is 4.04. The van der Waals surface area contributed by atoms with Crippen molar-refractivity contribution in [2.75, 3.05) is 0 Å². The van der Waals surface area contributed by atoms with E-state index >= 15 is 0 Å². The summed E-state index contributed by atoms with van der Waals surface area (Å²) < 4.78 is 0. The molecule has 1 nitrogen and oxygen atoms in total. The van der Waals surface area contributed by atoms with Gasteiger partial charge in [-0.1, -0.05) is 48.2 Å². The number of carbonyl (C=O) groups is 1. The lowest BCUT2D eigenvalue weighted by molar-refractivity contribution is 0.101. The van der Waals surface area contributed by atoms with Gasteiger partial charge in [-0.05, 0) is 37.6 Å². The molecule has 0 spiro atoms. The molecule has 0 aliphatic carbocycles. The van der Waals surface area contributed by atoms with Crippen LogP contribution in [0.5, 0.6) is 0 Å². The SMILES string of the molecule is CC(=O)c1cccc([C@@H](C)C#Cc2ccccc2)c1. The van der Waals surface area contributed by atoms with Gasteiger partial charge in [0.05, 0.1) is 0 Å². The van der Waals surface area contributed by atoms with Crippen LogP contribution in [0.15, 0.2) is 54.6 Å². The highest BCUT2D eigenvalue weighted by Crippen LogP contribution is 2.16. The summed E-state index contributed by atoms with van der Waals surface area (Å²) in [5.74, 6) is 6.58. The maximum atomic E-state index is 11.4. The molecule has 0 heterocycles. The summed E-state index contributed by atoms with van der Waals surface area (Å²) in [6.45, 7) is 3.63. The molecule has 1 heteroatoms. The summed E-state index contributed by atoms with van der Waals surface area (Å²) in [6, 6.07) is 17.6. The minimum atomic E-state index is 0.0880. The van der Waals surface area contributed by atoms with Crippen LogP contribution in [0.2, 0.25) is 0 Å². The van der Waals surface area contributed by atoms with Gasteiger partial charge in [-0.3, -0.25) is 4.79 Å². The minimum Gasteiger partial charge on any atom is -0.295 e. The lowest BCUT2D eigenvalue weighted by Gasteiger charge is -2.05. The molecule has 2 rings (SSSR count). The summed E-state index contributed by atoms with van der Waals surface area (Å²) in [7, 11) is 0. The summed E-state index contributed by atoms with van der Waals surface area (Å²) >= 11 is 0. The molecule has 94 valence electrons. The smallest absolute Gasteiger partial charge is 0.159 e. The van der Waals surface area contributed by atoms with Crippen molar-refractivity contribution >= 4 is 5.78 Å². The van der Waals surface area contributed by atoms with Gasteiger partial charge in [0.25, 0.3) is 0 Å². The Morgan fingerprint density at radius 1 is 1.05 bits per heavy atom. The lowest BCUT2D eigenvalue weighted by atomic mass is 9.98. The number of benzene rings is 2. The molecule has 0 fully saturated rings. The second-order valence-electron chi connectivity index (χ2n) is 4.54. The average molecular weight is 248 g/mol. The third kappa shape index (κ3) is 3.56. The summed E-state index contributed by atoms with van der Waals surface area (Å²) in [6.07, 6.45) is 0. The molecule has 0 amide bonds. The Kier molecular flexibility index (Phi) is 4.15. The maximum absolute atomic E-state index is 11.4. The largest absolute Gasteiger partial charge is 0.295 e. The quantitative estimate of drug-likeness (QED) is 0.579. The normalized spacial score (nSPS) is 11.3. The number of carbonyl (C=O) groups excluding carboxylic acids is 1. The lowest BCUT2D eigenvalue weighted by Crippen LogP contribution is -1.96. The van der Waals surface area contributed by atoms with E-state index in [-0.39, 0.29) is 11.7 Å². The average Bonchev–Trinajstić information content (AvgIpc) is 2.46. The standard InChI is InChI=1S/C18H16O/c1-14(11-12-16-7-4-3-5-8-16)17-9-6-10-18(13-17)15(2)19/h3-10,13-14H,1-2H3/t14-/m0/s1. The fourth-order valence-corrected chi connectivity index (χ4v) is 1.82. The molecule has 0 aromatic heterocycles. The monoisotopic (exact) mass is 248 g/mol. The molecule has 2 aromatic rings. The molecule has 0 unspecified atom stereocenters. The van der Waals surface area contributed by atoms with E-state index in [1.54, 1.807) is 6.92 Å². The van der Waals surface area contributed by atoms with Crippen molar-refractivity contribution < 1.29 is 4.79 Å². The first-order valence-corrected chi connectivity index (χ1v) is 6.34. The van der Waals surface area contributed by atoms with E-state index in [1.807, 2.05) is 54.6 Å². The second-order valence-corrected chi connectivity index (χ2v) is 4.54. The number of hydrogen-bond acceptors (Lipinski definition) is 1. The van der Waals surface area contributed by atoms with Gasteiger partial charge in [-0.15, -0.1) is 0 Å². The molecule has 1 atom stereocenters. The molecular weight excluding hydrogens is 232 g/mol. The van der Waals surface area contributed by atoms with Gasteiger partial charge < -0.3 is 0 Å². The van der Waals surface area contributed by atoms with Crippen molar-refractivity contribution in [3.05, 3.63) is 71.3 Å². The van der Waals surface area contributed by atoms with Crippen molar-refractivity contribution in [1.29, 1.82) is 0 Å². The van der Waals surface area contributed by atoms with E-state index < -0.39 is 0 Å². The highest BCUT2D eigenvalue weighted by Gasteiger charge is 2.05. The predicted molar refractivity (Wildman–Crippen MR) is 78.2 cm³/mol. The summed E-state index contributed by atoms with van der Waals surface area (Å²) in [4.78, 5) is 11.4. The van der Waals surface area contributed by atoms with Gasteiger partial charge in [0.15, 0.2) is 5.78 Å². The Morgan fingerprint density at radius 2 is 1.79 bits per heavy atom. The summed E-state index contributed by atoms with van der Waals surface area (Å²) in [5, 5.41) is 0. The van der Waals surface area contributed by atoms with Crippen LogP contribution in [0.3, 0.4) is 0 Å². The zero-order chi connectivity index (χ0) is 13.7. The molecule has 0 aliphatic rings. The zero-order valence-electron chi connectivity index (χ0n) is 11.2. The third-order valence-corrected chi connectivity index (χ3v) is 3.00. The Bertz CT molecular complexity index is 629. The van der Waals surface area contributed by atoms with Crippen molar-refractivity contribution in [2.24, 2.45) is 0 Å². The fourth-order valence-electron chi connectivity index (χ4n) is 1.82. The van der Waals surface area contributed by atoms with Gasteiger partial charge in [0, 0.05) is 17.0 Å².